The number of aliphatic hydroxyl groups is 2. The van der Waals surface area contributed by atoms with Crippen LogP contribution in [0.5, 0.6) is 23.0 Å². The standard InChI is InChI=1S/C26H26O6/c1-24(28)15-20(16-7-5-4-6-8-16)25(17-9-11-19(30-2)12-10-17)26(24,29)23-21(31-3)13-18(27)14-22(23)32-25/h4-14,20,27-29H,15H2,1-3H3/t20-,24+,25-,26-/m0/s1. The fraction of sp³-hybridized carbons (Fsp3) is 0.308. The fourth-order valence-corrected chi connectivity index (χ4v) is 5.63. The summed E-state index contributed by atoms with van der Waals surface area (Å²) in [4.78, 5) is 0. The number of phenolic OH excluding ortho intramolecular Hbond substituents is 1. The third kappa shape index (κ3) is 2.48. The van der Waals surface area contributed by atoms with E-state index in [-0.39, 0.29) is 23.7 Å². The van der Waals surface area contributed by atoms with Gasteiger partial charge in [-0.05, 0) is 36.6 Å². The van der Waals surface area contributed by atoms with Gasteiger partial charge in [0.2, 0.25) is 0 Å². The van der Waals surface area contributed by atoms with E-state index in [1.165, 1.54) is 19.2 Å². The van der Waals surface area contributed by atoms with E-state index in [9.17, 15) is 15.3 Å². The molecule has 0 radical (unpaired) electrons. The van der Waals surface area contributed by atoms with Gasteiger partial charge in [0.25, 0.3) is 0 Å². The van der Waals surface area contributed by atoms with Gasteiger partial charge in [-0.15, -0.1) is 0 Å². The predicted octanol–water partition coefficient (Wildman–Crippen LogP) is 3.82. The van der Waals surface area contributed by atoms with Gasteiger partial charge in [0.1, 0.15) is 28.6 Å². The van der Waals surface area contributed by atoms with Crippen LogP contribution in [0.4, 0.5) is 0 Å². The van der Waals surface area contributed by atoms with Gasteiger partial charge in [0.15, 0.2) is 11.2 Å². The van der Waals surface area contributed by atoms with Crippen LogP contribution in [0.1, 0.15) is 36.0 Å². The highest BCUT2D eigenvalue weighted by Gasteiger charge is 2.77. The molecular weight excluding hydrogens is 408 g/mol. The van der Waals surface area contributed by atoms with Crippen LogP contribution in [0, 0.1) is 0 Å². The van der Waals surface area contributed by atoms with Gasteiger partial charge in [-0.25, -0.2) is 0 Å². The summed E-state index contributed by atoms with van der Waals surface area (Å²) < 4.78 is 17.5. The van der Waals surface area contributed by atoms with E-state index < -0.39 is 22.7 Å². The van der Waals surface area contributed by atoms with Gasteiger partial charge >= 0.3 is 0 Å². The van der Waals surface area contributed by atoms with Crippen molar-refractivity contribution in [1.29, 1.82) is 0 Å². The first-order chi connectivity index (χ1) is 15.3. The minimum atomic E-state index is -1.86. The summed E-state index contributed by atoms with van der Waals surface area (Å²) in [5.74, 6) is 0.759. The lowest BCUT2D eigenvalue weighted by Gasteiger charge is -2.43. The van der Waals surface area contributed by atoms with Crippen molar-refractivity contribution in [2.45, 2.75) is 36.1 Å². The first kappa shape index (κ1) is 20.7. The zero-order chi connectivity index (χ0) is 22.7. The number of aromatic hydroxyl groups is 1. The molecule has 1 saturated carbocycles. The van der Waals surface area contributed by atoms with Crippen molar-refractivity contribution < 1.29 is 29.5 Å². The zero-order valence-corrected chi connectivity index (χ0v) is 18.2. The molecule has 1 heterocycles. The molecule has 0 spiro atoms. The van der Waals surface area contributed by atoms with Crippen LogP contribution in [0.3, 0.4) is 0 Å². The first-order valence-corrected chi connectivity index (χ1v) is 10.5. The lowest BCUT2D eigenvalue weighted by atomic mass is 9.69. The maximum Gasteiger partial charge on any atom is 0.177 e. The lowest BCUT2D eigenvalue weighted by Crippen LogP contribution is -2.56. The average molecular weight is 434 g/mol. The SMILES string of the molecule is COc1ccc([C@@]23Oc4cc(O)cc(OC)c4[C@]2(O)[C@](C)(O)C[C@H]3c2ccccc2)cc1. The molecule has 0 amide bonds. The molecule has 1 fully saturated rings. The molecule has 6 nitrogen and oxygen atoms in total. The summed E-state index contributed by atoms with van der Waals surface area (Å²) in [7, 11) is 3.05. The third-order valence-electron chi connectivity index (χ3n) is 7.03. The van der Waals surface area contributed by atoms with Crippen molar-refractivity contribution in [3.05, 3.63) is 83.4 Å². The second-order valence-corrected chi connectivity index (χ2v) is 8.74. The first-order valence-electron chi connectivity index (χ1n) is 10.5. The van der Waals surface area contributed by atoms with Crippen molar-refractivity contribution >= 4 is 0 Å². The van der Waals surface area contributed by atoms with Gasteiger partial charge in [-0.2, -0.15) is 0 Å². The second kappa shape index (κ2) is 6.89. The Labute approximate surface area is 186 Å². The Bertz CT molecular complexity index is 1160. The summed E-state index contributed by atoms with van der Waals surface area (Å²) in [6.45, 7) is 1.62. The van der Waals surface area contributed by atoms with Crippen molar-refractivity contribution in [1.82, 2.24) is 0 Å². The summed E-state index contributed by atoms with van der Waals surface area (Å²) in [6.07, 6.45) is 0.253. The van der Waals surface area contributed by atoms with Crippen molar-refractivity contribution in [3.8, 4) is 23.0 Å². The number of hydrogen-bond donors (Lipinski definition) is 3. The number of hydrogen-bond acceptors (Lipinski definition) is 6. The Morgan fingerprint density at radius 3 is 2.25 bits per heavy atom. The normalized spacial score (nSPS) is 30.3. The van der Waals surface area contributed by atoms with Crippen LogP contribution in [0.15, 0.2) is 66.7 Å². The van der Waals surface area contributed by atoms with Crippen LogP contribution in [0.25, 0.3) is 0 Å². The third-order valence-corrected chi connectivity index (χ3v) is 7.03. The Balaban J connectivity index is 1.85. The molecule has 0 bridgehead atoms. The molecule has 3 aromatic carbocycles. The minimum Gasteiger partial charge on any atom is -0.508 e. The van der Waals surface area contributed by atoms with Crippen LogP contribution >= 0.6 is 0 Å². The number of ether oxygens (including phenoxy) is 3. The Hall–Kier alpha value is -3.22. The van der Waals surface area contributed by atoms with Gasteiger partial charge in [0, 0.05) is 18.1 Å². The van der Waals surface area contributed by atoms with E-state index in [2.05, 4.69) is 0 Å². The van der Waals surface area contributed by atoms with Crippen LogP contribution < -0.4 is 14.2 Å². The molecule has 3 N–H and O–H groups in total. The maximum atomic E-state index is 12.5. The quantitative estimate of drug-likeness (QED) is 0.579. The fourth-order valence-electron chi connectivity index (χ4n) is 5.63. The van der Waals surface area contributed by atoms with Crippen molar-refractivity contribution in [2.75, 3.05) is 14.2 Å². The highest BCUT2D eigenvalue weighted by molar-refractivity contribution is 5.63. The molecule has 2 aliphatic rings. The Kier molecular flexibility index (Phi) is 4.45. The largest absolute Gasteiger partial charge is 0.508 e. The molecule has 6 heteroatoms. The molecular formula is C26H26O6. The summed E-state index contributed by atoms with van der Waals surface area (Å²) in [5, 5.41) is 34.5. The van der Waals surface area contributed by atoms with Gasteiger partial charge in [-0.1, -0.05) is 42.5 Å². The number of methoxy groups -OCH3 is 2. The minimum absolute atomic E-state index is 0.0510. The molecule has 1 aliphatic carbocycles. The molecule has 1 aliphatic heterocycles. The smallest absolute Gasteiger partial charge is 0.177 e. The van der Waals surface area contributed by atoms with E-state index in [1.807, 2.05) is 42.5 Å². The summed E-state index contributed by atoms with van der Waals surface area (Å²) in [6, 6.07) is 19.9. The molecule has 0 aromatic heterocycles. The maximum absolute atomic E-state index is 12.5. The van der Waals surface area contributed by atoms with Crippen LogP contribution in [0.2, 0.25) is 0 Å². The van der Waals surface area contributed by atoms with Gasteiger partial charge in [-0.3, -0.25) is 0 Å². The Morgan fingerprint density at radius 1 is 0.938 bits per heavy atom. The summed E-state index contributed by atoms with van der Waals surface area (Å²) >= 11 is 0. The number of benzene rings is 3. The van der Waals surface area contributed by atoms with Crippen molar-refractivity contribution in [3.63, 3.8) is 0 Å². The highest BCUT2D eigenvalue weighted by Crippen LogP contribution is 2.71. The van der Waals surface area contributed by atoms with E-state index >= 15 is 0 Å². The molecule has 0 unspecified atom stereocenters. The lowest BCUT2D eigenvalue weighted by molar-refractivity contribution is -0.189. The average Bonchev–Trinajstić information content (AvgIpc) is 3.17. The molecule has 0 saturated heterocycles. The summed E-state index contributed by atoms with van der Waals surface area (Å²) in [5.41, 5.74) is -2.85. The number of phenols is 1. The van der Waals surface area contributed by atoms with Crippen molar-refractivity contribution in [2.24, 2.45) is 0 Å². The van der Waals surface area contributed by atoms with Crippen LogP contribution in [-0.2, 0) is 11.2 Å². The van der Waals surface area contributed by atoms with E-state index in [0.29, 0.717) is 16.9 Å². The number of fused-ring (bicyclic) bond motifs is 3. The monoisotopic (exact) mass is 434 g/mol. The van der Waals surface area contributed by atoms with E-state index in [1.54, 1.807) is 26.2 Å². The van der Waals surface area contributed by atoms with Crippen LogP contribution in [-0.4, -0.2) is 35.1 Å². The van der Waals surface area contributed by atoms with Gasteiger partial charge in [0.05, 0.1) is 19.8 Å². The molecule has 166 valence electrons. The predicted molar refractivity (Wildman–Crippen MR) is 118 cm³/mol. The topological polar surface area (TPSA) is 88.4 Å². The molecule has 5 rings (SSSR count). The van der Waals surface area contributed by atoms with E-state index in [4.69, 9.17) is 14.2 Å². The second-order valence-electron chi connectivity index (χ2n) is 8.74. The number of rotatable bonds is 4. The molecule has 32 heavy (non-hydrogen) atoms. The zero-order valence-electron chi connectivity index (χ0n) is 18.2. The van der Waals surface area contributed by atoms with E-state index in [0.717, 1.165) is 5.56 Å². The molecule has 4 atom stereocenters. The molecule has 3 aromatic rings. The Morgan fingerprint density at radius 2 is 1.62 bits per heavy atom. The van der Waals surface area contributed by atoms with Gasteiger partial charge < -0.3 is 29.5 Å². The highest BCUT2D eigenvalue weighted by atomic mass is 16.5.